The summed E-state index contributed by atoms with van der Waals surface area (Å²) >= 11 is 0. The van der Waals surface area contributed by atoms with Crippen molar-refractivity contribution in [1.82, 2.24) is 15.5 Å². The van der Waals surface area contributed by atoms with Crippen LogP contribution in [0.25, 0.3) is 0 Å². The van der Waals surface area contributed by atoms with E-state index in [0.29, 0.717) is 12.1 Å². The molecule has 3 N–H and O–H groups in total. The van der Waals surface area contributed by atoms with Crippen molar-refractivity contribution in [2.75, 3.05) is 25.5 Å². The van der Waals surface area contributed by atoms with Crippen molar-refractivity contribution >= 4 is 23.5 Å². The zero-order valence-electron chi connectivity index (χ0n) is 17.1. The van der Waals surface area contributed by atoms with Gasteiger partial charge < -0.3 is 10.6 Å². The highest BCUT2D eigenvalue weighted by atomic mass is 16.2. The highest BCUT2D eigenvalue weighted by molar-refractivity contribution is 5.98. The van der Waals surface area contributed by atoms with Crippen molar-refractivity contribution in [1.29, 1.82) is 0 Å². The lowest BCUT2D eigenvalue weighted by molar-refractivity contribution is -0.126. The lowest BCUT2D eigenvalue weighted by atomic mass is 10.0. The maximum absolute atomic E-state index is 12.8. The van der Waals surface area contributed by atoms with E-state index in [4.69, 9.17) is 0 Å². The third-order valence-electron chi connectivity index (χ3n) is 4.44. The first kappa shape index (κ1) is 22.1. The van der Waals surface area contributed by atoms with Crippen LogP contribution in [0, 0.1) is 0 Å². The van der Waals surface area contributed by atoms with Crippen molar-refractivity contribution < 1.29 is 14.4 Å². The number of para-hydroxylation sites is 1. The molecule has 0 spiro atoms. The van der Waals surface area contributed by atoms with Gasteiger partial charge in [-0.15, -0.1) is 0 Å². The number of carbonyl (C=O) groups is 3. The topological polar surface area (TPSA) is 90.5 Å². The van der Waals surface area contributed by atoms with Crippen LogP contribution in [0.4, 0.5) is 10.5 Å². The minimum Gasteiger partial charge on any atom is -0.338 e. The molecule has 0 fully saturated rings. The number of aryl methyl sites for hydroxylation is 1. The van der Waals surface area contributed by atoms with Gasteiger partial charge in [0.2, 0.25) is 11.8 Å². The molecule has 0 aliphatic heterocycles. The summed E-state index contributed by atoms with van der Waals surface area (Å²) in [6.07, 6.45) is 0.799. The Morgan fingerprint density at radius 2 is 1.62 bits per heavy atom. The van der Waals surface area contributed by atoms with Gasteiger partial charge in [0.25, 0.3) is 0 Å². The first-order valence-corrected chi connectivity index (χ1v) is 9.67. The Balaban J connectivity index is 2.14. The Bertz CT molecular complexity index is 839. The van der Waals surface area contributed by atoms with Crippen LogP contribution in [0.15, 0.2) is 54.6 Å². The summed E-state index contributed by atoms with van der Waals surface area (Å²) in [4.78, 5) is 38.8. The molecular formula is C22H28N4O3. The van der Waals surface area contributed by atoms with E-state index in [1.54, 1.807) is 31.0 Å². The van der Waals surface area contributed by atoms with Gasteiger partial charge in [-0.05, 0) is 37.6 Å². The maximum atomic E-state index is 12.8. The molecule has 0 aliphatic rings. The van der Waals surface area contributed by atoms with Crippen LogP contribution in [-0.4, -0.2) is 42.9 Å². The summed E-state index contributed by atoms with van der Waals surface area (Å²) in [6, 6.07) is 15.3. The molecule has 0 saturated carbocycles. The predicted octanol–water partition coefficient (Wildman–Crippen LogP) is 2.71. The molecule has 7 heteroatoms. The van der Waals surface area contributed by atoms with E-state index in [9.17, 15) is 14.4 Å². The van der Waals surface area contributed by atoms with Crippen LogP contribution in [0.2, 0.25) is 0 Å². The van der Waals surface area contributed by atoms with Crippen LogP contribution in [0.3, 0.4) is 0 Å². The zero-order valence-corrected chi connectivity index (χ0v) is 17.1. The molecule has 0 aromatic heterocycles. The Hall–Kier alpha value is -3.19. The van der Waals surface area contributed by atoms with Crippen LogP contribution >= 0.6 is 0 Å². The fourth-order valence-corrected chi connectivity index (χ4v) is 3.08. The van der Waals surface area contributed by atoms with Gasteiger partial charge in [-0.25, -0.2) is 4.79 Å². The summed E-state index contributed by atoms with van der Waals surface area (Å²) in [7, 11) is 1.68. The molecule has 29 heavy (non-hydrogen) atoms. The number of nitrogens with zero attached hydrogens (tertiary/aromatic N) is 1. The second kappa shape index (κ2) is 11.0. The van der Waals surface area contributed by atoms with Gasteiger partial charge in [-0.3, -0.25) is 19.8 Å². The second-order valence-electron chi connectivity index (χ2n) is 6.64. The Morgan fingerprint density at radius 1 is 0.966 bits per heavy atom. The minimum absolute atomic E-state index is 0.0135. The molecule has 2 aromatic carbocycles. The summed E-state index contributed by atoms with van der Waals surface area (Å²) < 4.78 is 0. The number of carbonyl (C=O) groups excluding carboxylic acids is 3. The lowest BCUT2D eigenvalue weighted by Gasteiger charge is -2.27. The van der Waals surface area contributed by atoms with E-state index in [-0.39, 0.29) is 12.5 Å². The van der Waals surface area contributed by atoms with Crippen molar-refractivity contribution in [2.45, 2.75) is 26.3 Å². The van der Waals surface area contributed by atoms with Gasteiger partial charge >= 0.3 is 6.03 Å². The number of rotatable bonds is 8. The fourth-order valence-electron chi connectivity index (χ4n) is 3.08. The van der Waals surface area contributed by atoms with Gasteiger partial charge in [-0.1, -0.05) is 55.5 Å². The molecule has 2 aromatic rings. The summed E-state index contributed by atoms with van der Waals surface area (Å²) in [6.45, 7) is 4.18. The lowest BCUT2D eigenvalue weighted by Crippen LogP contribution is -2.46. The van der Waals surface area contributed by atoms with E-state index >= 15 is 0 Å². The maximum Gasteiger partial charge on any atom is 0.321 e. The number of urea groups is 1. The van der Waals surface area contributed by atoms with E-state index < -0.39 is 18.0 Å². The first-order chi connectivity index (χ1) is 14.0. The fraction of sp³-hybridized carbons (Fsp3) is 0.318. The number of nitrogens with one attached hydrogen (secondary N) is 3. The third kappa shape index (κ3) is 6.43. The number of amides is 4. The molecule has 7 nitrogen and oxygen atoms in total. The molecule has 0 unspecified atom stereocenters. The molecule has 0 aliphatic carbocycles. The number of hydrogen-bond donors (Lipinski definition) is 3. The number of benzene rings is 2. The molecular weight excluding hydrogens is 368 g/mol. The summed E-state index contributed by atoms with van der Waals surface area (Å²) in [5.41, 5.74) is 2.49. The van der Waals surface area contributed by atoms with Gasteiger partial charge in [0.05, 0.1) is 6.54 Å². The average Bonchev–Trinajstić information content (AvgIpc) is 2.69. The number of anilines is 1. The molecule has 0 heterocycles. The van der Waals surface area contributed by atoms with Crippen LogP contribution in [0.1, 0.15) is 31.0 Å². The molecule has 4 amide bonds. The predicted molar refractivity (Wildman–Crippen MR) is 113 cm³/mol. The van der Waals surface area contributed by atoms with Crippen LogP contribution < -0.4 is 16.0 Å². The van der Waals surface area contributed by atoms with E-state index in [2.05, 4.69) is 16.0 Å². The van der Waals surface area contributed by atoms with Gasteiger partial charge in [0.15, 0.2) is 0 Å². The monoisotopic (exact) mass is 396 g/mol. The molecule has 0 saturated heterocycles. The quantitative estimate of drug-likeness (QED) is 0.640. The van der Waals surface area contributed by atoms with Crippen molar-refractivity contribution in [2.24, 2.45) is 0 Å². The van der Waals surface area contributed by atoms with Gasteiger partial charge in [0, 0.05) is 12.2 Å². The van der Waals surface area contributed by atoms with Gasteiger partial charge in [-0.2, -0.15) is 0 Å². The van der Waals surface area contributed by atoms with Gasteiger partial charge in [0.1, 0.15) is 6.04 Å². The van der Waals surface area contributed by atoms with Crippen LogP contribution in [0.5, 0.6) is 0 Å². The number of hydrogen-bond acceptors (Lipinski definition) is 4. The molecule has 0 bridgehead atoms. The molecule has 154 valence electrons. The van der Waals surface area contributed by atoms with Crippen molar-refractivity contribution in [3.63, 3.8) is 0 Å². The minimum atomic E-state index is -0.786. The number of imide groups is 1. The molecule has 0 radical (unpaired) electrons. The second-order valence-corrected chi connectivity index (χ2v) is 6.64. The standard InChI is InChI=1S/C22H28N4O3/c1-4-16-11-9-10-14-18(16)24-19(27)15-26(3)20(17-12-7-6-8-13-17)21(28)25-22(29)23-5-2/h6-14,20H,4-5,15H2,1-3H3,(H,24,27)(H2,23,25,28,29)/t20-/m0/s1. The van der Waals surface area contributed by atoms with Crippen molar-refractivity contribution in [3.05, 3.63) is 65.7 Å². The zero-order chi connectivity index (χ0) is 21.2. The van der Waals surface area contributed by atoms with E-state index in [1.165, 1.54) is 0 Å². The average molecular weight is 396 g/mol. The third-order valence-corrected chi connectivity index (χ3v) is 4.44. The number of likely N-dealkylation sites (N-methyl/N-ethyl adjacent to an activating group) is 1. The van der Waals surface area contributed by atoms with E-state index in [1.807, 2.05) is 49.4 Å². The first-order valence-electron chi connectivity index (χ1n) is 9.67. The largest absolute Gasteiger partial charge is 0.338 e. The Labute approximate surface area is 171 Å². The van der Waals surface area contributed by atoms with Crippen molar-refractivity contribution in [3.8, 4) is 0 Å². The smallest absolute Gasteiger partial charge is 0.321 e. The highest BCUT2D eigenvalue weighted by Gasteiger charge is 2.27. The normalized spacial score (nSPS) is 11.6. The SMILES string of the molecule is CCNC(=O)NC(=O)[C@H](c1ccccc1)N(C)CC(=O)Nc1ccccc1CC. The Kier molecular flexibility index (Phi) is 8.36. The highest BCUT2D eigenvalue weighted by Crippen LogP contribution is 2.20. The Morgan fingerprint density at radius 3 is 2.28 bits per heavy atom. The summed E-state index contributed by atoms with van der Waals surface area (Å²) in [5.74, 6) is -0.730. The molecule has 1 atom stereocenters. The summed E-state index contributed by atoms with van der Waals surface area (Å²) in [5, 5.41) is 7.79. The van der Waals surface area contributed by atoms with Crippen LogP contribution in [-0.2, 0) is 16.0 Å². The van der Waals surface area contributed by atoms with E-state index in [0.717, 1.165) is 17.7 Å². The molecule has 2 rings (SSSR count).